The standard InChI is InChI=1S/C65H44N8/c1-5-21-41(22-6-1)60-63(72-55-36-20-16-32-49(55)59-56(72)38-37-48-45-29-13-18-34-53(45)70(61(48)59)43-25-9-3-10-26-43)68-64-62(66-60)67-65(71(64)44-27-11-4-12-28-44)73-54-35-19-15-31-47(54)51-39-57-50(40-58(51)73)46-30-14-17-33-52(46)69(57)42-23-7-2-8-24-42/h1-7,9-23,25-40,63,68H,8,24H2. The van der Waals surface area contributed by atoms with Gasteiger partial charge in [0, 0.05) is 60.0 Å². The van der Waals surface area contributed by atoms with Crippen molar-refractivity contribution in [1.29, 1.82) is 0 Å². The number of nitrogens with zero attached hydrogens (tertiary/aromatic N) is 7. The molecule has 8 nitrogen and oxygen atoms in total. The van der Waals surface area contributed by atoms with E-state index in [1.807, 2.05) is 0 Å². The SMILES string of the molecule is C1=CCCC(n2c3ccccc3c3cc4c(cc32)c2ccccc2n4-c2nc3c(n2-c2ccccc2)NC(n2c4ccccc4c4c5c(ccc42)c2ccccc2n5-c2ccccc2)C(c2ccccc2)=N3)=C1. The van der Waals surface area contributed by atoms with Gasteiger partial charge in [-0.3, -0.25) is 9.13 Å². The molecule has 0 bridgehead atoms. The molecular formula is C65H44N8. The van der Waals surface area contributed by atoms with Gasteiger partial charge in [-0.25, -0.2) is 4.99 Å². The van der Waals surface area contributed by atoms with Crippen LogP contribution >= 0.6 is 0 Å². The van der Waals surface area contributed by atoms with Gasteiger partial charge in [0.15, 0.2) is 11.6 Å². The van der Waals surface area contributed by atoms with Crippen molar-refractivity contribution in [3.05, 3.63) is 236 Å². The number of fused-ring (bicyclic) bond motifs is 14. The van der Waals surface area contributed by atoms with Crippen LogP contribution in [-0.2, 0) is 0 Å². The molecule has 5 aromatic heterocycles. The molecule has 1 atom stereocenters. The third-order valence-electron chi connectivity index (χ3n) is 15.4. The smallest absolute Gasteiger partial charge is 0.223 e. The molecule has 344 valence electrons. The Balaban J connectivity index is 0.983. The molecule has 0 fully saturated rings. The molecule has 14 aromatic rings. The van der Waals surface area contributed by atoms with Crippen molar-refractivity contribution in [3.8, 4) is 17.3 Å². The molecule has 8 heteroatoms. The predicted octanol–water partition coefficient (Wildman–Crippen LogP) is 16.2. The molecule has 0 radical (unpaired) electrons. The summed E-state index contributed by atoms with van der Waals surface area (Å²) in [6.45, 7) is 0. The Hall–Kier alpha value is -9.66. The molecule has 1 unspecified atom stereocenters. The highest BCUT2D eigenvalue weighted by molar-refractivity contribution is 6.27. The summed E-state index contributed by atoms with van der Waals surface area (Å²) in [5, 5.41) is 13.8. The van der Waals surface area contributed by atoms with E-state index in [1.165, 1.54) is 65.5 Å². The van der Waals surface area contributed by atoms with Crippen molar-refractivity contribution >= 4 is 110 Å². The minimum absolute atomic E-state index is 0.441. The number of benzene rings is 9. The number of hydrogen-bond donors (Lipinski definition) is 1. The van der Waals surface area contributed by atoms with Crippen LogP contribution < -0.4 is 5.32 Å². The van der Waals surface area contributed by atoms with Crippen LogP contribution in [0.1, 0.15) is 24.6 Å². The second-order valence-electron chi connectivity index (χ2n) is 19.3. The second kappa shape index (κ2) is 15.4. The van der Waals surface area contributed by atoms with Gasteiger partial charge in [0.25, 0.3) is 0 Å². The summed E-state index contributed by atoms with van der Waals surface area (Å²) in [6, 6.07) is 76.7. The highest BCUT2D eigenvalue weighted by Crippen LogP contribution is 2.47. The average Bonchev–Trinajstić information content (AvgIpc) is 4.26. The monoisotopic (exact) mass is 936 g/mol. The molecule has 1 N–H and O–H groups in total. The third-order valence-corrected chi connectivity index (χ3v) is 15.4. The number of allylic oxidation sites excluding steroid dienone is 4. The minimum atomic E-state index is -0.441. The van der Waals surface area contributed by atoms with Crippen molar-refractivity contribution in [1.82, 2.24) is 27.8 Å². The Bertz CT molecular complexity index is 4690. The van der Waals surface area contributed by atoms with Gasteiger partial charge in [0.05, 0.1) is 55.5 Å². The predicted molar refractivity (Wildman–Crippen MR) is 303 cm³/mol. The Morgan fingerprint density at radius 3 is 1.64 bits per heavy atom. The molecule has 9 aromatic carbocycles. The van der Waals surface area contributed by atoms with E-state index in [0.29, 0.717) is 5.82 Å². The number of aromatic nitrogens is 6. The first-order chi connectivity index (χ1) is 36.3. The van der Waals surface area contributed by atoms with E-state index in [-0.39, 0.29) is 0 Å². The van der Waals surface area contributed by atoms with E-state index in [9.17, 15) is 0 Å². The number of para-hydroxylation sites is 6. The molecule has 73 heavy (non-hydrogen) atoms. The fourth-order valence-corrected chi connectivity index (χ4v) is 12.4. The van der Waals surface area contributed by atoms with E-state index in [4.69, 9.17) is 9.98 Å². The summed E-state index contributed by atoms with van der Waals surface area (Å²) >= 11 is 0. The van der Waals surface area contributed by atoms with Crippen LogP contribution in [0.4, 0.5) is 11.6 Å². The topological polar surface area (TPSA) is 61.9 Å². The van der Waals surface area contributed by atoms with Crippen LogP contribution in [0.2, 0.25) is 0 Å². The maximum atomic E-state index is 5.72. The number of hydrogen-bond acceptors (Lipinski definition) is 3. The quantitative estimate of drug-likeness (QED) is 0.181. The van der Waals surface area contributed by atoms with Crippen molar-refractivity contribution in [2.24, 2.45) is 4.99 Å². The lowest BCUT2D eigenvalue weighted by molar-refractivity contribution is 0.748. The molecule has 0 spiro atoms. The zero-order valence-electron chi connectivity index (χ0n) is 39.6. The molecule has 16 rings (SSSR count). The summed E-state index contributed by atoms with van der Waals surface area (Å²) in [6.07, 6.45) is 8.31. The highest BCUT2D eigenvalue weighted by atomic mass is 15.4. The molecule has 0 saturated carbocycles. The van der Waals surface area contributed by atoms with E-state index in [1.54, 1.807) is 0 Å². The highest BCUT2D eigenvalue weighted by Gasteiger charge is 2.35. The molecule has 1 aliphatic carbocycles. The van der Waals surface area contributed by atoms with Gasteiger partial charge in [-0.15, -0.1) is 0 Å². The van der Waals surface area contributed by atoms with Crippen molar-refractivity contribution in [2.75, 3.05) is 5.32 Å². The van der Waals surface area contributed by atoms with Crippen molar-refractivity contribution in [2.45, 2.75) is 19.0 Å². The molecule has 2 aliphatic rings. The lowest BCUT2D eigenvalue weighted by atomic mass is 10.1. The zero-order chi connectivity index (χ0) is 47.7. The van der Waals surface area contributed by atoms with Gasteiger partial charge in [-0.05, 0) is 85.6 Å². The first-order valence-electron chi connectivity index (χ1n) is 25.2. The zero-order valence-corrected chi connectivity index (χ0v) is 39.6. The fraction of sp³-hybridized carbons (Fsp3) is 0.0462. The molecule has 0 saturated heterocycles. The summed E-state index contributed by atoms with van der Waals surface area (Å²) in [5.74, 6) is 2.20. The Labute approximate surface area is 418 Å². The van der Waals surface area contributed by atoms with Crippen LogP contribution in [0.5, 0.6) is 0 Å². The molecule has 6 heterocycles. The Morgan fingerprint density at radius 1 is 0.438 bits per heavy atom. The van der Waals surface area contributed by atoms with E-state index >= 15 is 0 Å². The first-order valence-corrected chi connectivity index (χ1v) is 25.2. The number of anilines is 1. The average molecular weight is 937 g/mol. The maximum Gasteiger partial charge on any atom is 0.223 e. The van der Waals surface area contributed by atoms with Crippen molar-refractivity contribution < 1.29 is 0 Å². The molecule has 1 aliphatic heterocycles. The number of aliphatic imine (C=N–C) groups is 1. The van der Waals surface area contributed by atoms with Gasteiger partial charge in [0.2, 0.25) is 5.95 Å². The Morgan fingerprint density at radius 2 is 0.986 bits per heavy atom. The van der Waals surface area contributed by atoms with Crippen LogP contribution in [-0.4, -0.2) is 33.5 Å². The van der Waals surface area contributed by atoms with Gasteiger partial charge < -0.3 is 19.0 Å². The maximum absolute atomic E-state index is 5.72. The van der Waals surface area contributed by atoms with Gasteiger partial charge in [-0.1, -0.05) is 158 Å². The number of rotatable bonds is 6. The van der Waals surface area contributed by atoms with Gasteiger partial charge >= 0.3 is 0 Å². The summed E-state index contributed by atoms with van der Waals surface area (Å²) < 4.78 is 12.0. The summed E-state index contributed by atoms with van der Waals surface area (Å²) in [5.41, 5.74) is 14.5. The van der Waals surface area contributed by atoms with Crippen LogP contribution in [0, 0.1) is 0 Å². The molecule has 0 amide bonds. The normalized spacial score (nSPS) is 14.8. The lowest BCUT2D eigenvalue weighted by Gasteiger charge is -2.29. The van der Waals surface area contributed by atoms with E-state index in [0.717, 1.165) is 74.7 Å². The van der Waals surface area contributed by atoms with E-state index in [2.05, 4.69) is 259 Å². The summed E-state index contributed by atoms with van der Waals surface area (Å²) in [7, 11) is 0. The number of imidazole rings is 1. The van der Waals surface area contributed by atoms with Crippen molar-refractivity contribution in [3.63, 3.8) is 0 Å². The molecular weight excluding hydrogens is 893 g/mol. The summed E-state index contributed by atoms with van der Waals surface area (Å²) in [4.78, 5) is 11.4. The van der Waals surface area contributed by atoms with Crippen LogP contribution in [0.25, 0.3) is 110 Å². The van der Waals surface area contributed by atoms with Gasteiger partial charge in [-0.2, -0.15) is 4.98 Å². The second-order valence-corrected chi connectivity index (χ2v) is 19.3. The first kappa shape index (κ1) is 40.1. The van der Waals surface area contributed by atoms with Crippen LogP contribution in [0.3, 0.4) is 0 Å². The Kier molecular flexibility index (Phi) is 8.47. The van der Waals surface area contributed by atoms with E-state index < -0.39 is 6.17 Å². The number of nitrogens with one attached hydrogen (secondary N) is 1. The lowest BCUT2D eigenvalue weighted by Crippen LogP contribution is -2.31. The fourth-order valence-electron chi connectivity index (χ4n) is 12.4. The van der Waals surface area contributed by atoms with Crippen LogP contribution in [0.15, 0.2) is 236 Å². The largest absolute Gasteiger partial charge is 0.342 e. The third kappa shape index (κ3) is 5.71. The van der Waals surface area contributed by atoms with Gasteiger partial charge in [0.1, 0.15) is 6.17 Å². The minimum Gasteiger partial charge on any atom is -0.342 e.